The van der Waals surface area contributed by atoms with Gasteiger partial charge >= 0.3 is 0 Å². The fraction of sp³-hybridized carbons (Fsp3) is 0.0909. The number of hydrogen-bond acceptors (Lipinski definition) is 2. The van der Waals surface area contributed by atoms with E-state index in [0.29, 0.717) is 0 Å². The van der Waals surface area contributed by atoms with Crippen molar-refractivity contribution in [2.75, 3.05) is 5.32 Å². The highest BCUT2D eigenvalue weighted by Crippen LogP contribution is 2.26. The Hall–Kier alpha value is -0.740. The second-order valence-corrected chi connectivity index (χ2v) is 4.88. The average molecular weight is 331 g/mol. The Morgan fingerprint density at radius 1 is 1.20 bits per heavy atom. The molecule has 0 bridgehead atoms. The largest absolute Gasteiger partial charge is 0.472 e. The molecule has 0 unspecified atom stereocenters. The third-order valence-electron chi connectivity index (χ3n) is 1.99. The molecule has 2 nitrogen and oxygen atoms in total. The molecule has 4 heteroatoms. The van der Waals surface area contributed by atoms with Gasteiger partial charge in [-0.25, -0.2) is 0 Å². The molecule has 2 aromatic rings. The molecule has 1 aromatic carbocycles. The van der Waals surface area contributed by atoms with Crippen LogP contribution in [0.25, 0.3) is 0 Å². The van der Waals surface area contributed by atoms with Gasteiger partial charge in [-0.3, -0.25) is 0 Å². The summed E-state index contributed by atoms with van der Waals surface area (Å²) in [6.07, 6.45) is 3.41. The highest BCUT2D eigenvalue weighted by Gasteiger charge is 2.00. The van der Waals surface area contributed by atoms with E-state index in [4.69, 9.17) is 4.42 Å². The van der Waals surface area contributed by atoms with Crippen molar-refractivity contribution in [2.24, 2.45) is 0 Å². The summed E-state index contributed by atoms with van der Waals surface area (Å²) in [5.74, 6) is 0. The van der Waals surface area contributed by atoms with Crippen LogP contribution in [0.1, 0.15) is 5.56 Å². The van der Waals surface area contributed by atoms with Gasteiger partial charge in [-0.05, 0) is 40.2 Å². The minimum absolute atomic E-state index is 0.761. The third-order valence-corrected chi connectivity index (χ3v) is 3.14. The smallest absolute Gasteiger partial charge is 0.0952 e. The van der Waals surface area contributed by atoms with Crippen LogP contribution in [-0.2, 0) is 6.54 Å². The lowest BCUT2D eigenvalue weighted by Crippen LogP contribution is -1.98. The lowest BCUT2D eigenvalue weighted by atomic mass is 10.3. The number of halogens is 2. The molecular weight excluding hydrogens is 322 g/mol. The van der Waals surface area contributed by atoms with E-state index in [1.54, 1.807) is 12.5 Å². The van der Waals surface area contributed by atoms with Crippen LogP contribution in [0.3, 0.4) is 0 Å². The normalized spacial score (nSPS) is 10.3. The van der Waals surface area contributed by atoms with Crippen LogP contribution in [0.5, 0.6) is 0 Å². The lowest BCUT2D eigenvalue weighted by Gasteiger charge is -2.07. The Labute approximate surface area is 105 Å². The van der Waals surface area contributed by atoms with Gasteiger partial charge in [0.1, 0.15) is 0 Å². The van der Waals surface area contributed by atoms with Crippen molar-refractivity contribution in [3.63, 3.8) is 0 Å². The number of nitrogens with one attached hydrogen (secondary N) is 1. The first kappa shape index (κ1) is 10.8. The van der Waals surface area contributed by atoms with E-state index in [1.807, 2.05) is 24.3 Å². The van der Waals surface area contributed by atoms with Gasteiger partial charge in [-0.2, -0.15) is 0 Å². The van der Waals surface area contributed by atoms with Crippen molar-refractivity contribution in [2.45, 2.75) is 6.54 Å². The van der Waals surface area contributed by atoms with Crippen LogP contribution < -0.4 is 5.32 Å². The maximum Gasteiger partial charge on any atom is 0.0952 e. The molecule has 0 saturated heterocycles. The zero-order chi connectivity index (χ0) is 10.7. The number of hydrogen-bond donors (Lipinski definition) is 1. The van der Waals surface area contributed by atoms with Gasteiger partial charge in [0.2, 0.25) is 0 Å². The molecule has 78 valence electrons. The van der Waals surface area contributed by atoms with Crippen molar-refractivity contribution in [1.29, 1.82) is 0 Å². The molecule has 0 aliphatic carbocycles. The molecule has 15 heavy (non-hydrogen) atoms. The summed E-state index contributed by atoms with van der Waals surface area (Å²) < 4.78 is 7.09. The van der Waals surface area contributed by atoms with Gasteiger partial charge < -0.3 is 9.73 Å². The van der Waals surface area contributed by atoms with Crippen molar-refractivity contribution in [3.05, 3.63) is 51.3 Å². The van der Waals surface area contributed by atoms with E-state index in [0.717, 1.165) is 26.7 Å². The van der Waals surface area contributed by atoms with Crippen LogP contribution in [0, 0.1) is 0 Å². The summed E-state index contributed by atoms with van der Waals surface area (Å²) in [6, 6.07) is 7.98. The zero-order valence-corrected chi connectivity index (χ0v) is 11.0. The molecule has 0 aliphatic rings. The topological polar surface area (TPSA) is 25.2 Å². The molecule has 0 atom stereocenters. The summed E-state index contributed by atoms with van der Waals surface area (Å²) in [4.78, 5) is 0. The monoisotopic (exact) mass is 329 g/mol. The van der Waals surface area contributed by atoms with Crippen molar-refractivity contribution in [1.82, 2.24) is 0 Å². The minimum atomic E-state index is 0.761. The summed E-state index contributed by atoms with van der Waals surface area (Å²) in [5.41, 5.74) is 2.20. The van der Waals surface area contributed by atoms with E-state index in [2.05, 4.69) is 37.2 Å². The first-order chi connectivity index (χ1) is 7.25. The van der Waals surface area contributed by atoms with Crippen LogP contribution in [0.15, 0.2) is 50.2 Å². The molecule has 1 N–H and O–H groups in total. The van der Waals surface area contributed by atoms with Gasteiger partial charge in [-0.1, -0.05) is 15.9 Å². The minimum Gasteiger partial charge on any atom is -0.472 e. The highest BCUT2D eigenvalue weighted by atomic mass is 79.9. The van der Waals surface area contributed by atoms with Gasteiger partial charge in [0.05, 0.1) is 12.5 Å². The van der Waals surface area contributed by atoms with Gasteiger partial charge in [0, 0.05) is 26.7 Å². The van der Waals surface area contributed by atoms with Crippen molar-refractivity contribution in [3.8, 4) is 0 Å². The molecule has 0 amide bonds. The van der Waals surface area contributed by atoms with Crippen molar-refractivity contribution < 1.29 is 4.42 Å². The number of benzene rings is 1. The standard InChI is InChI=1S/C11H9Br2NO/c12-9-1-2-11(10(13)5-9)14-6-8-3-4-15-7-8/h1-5,7,14H,6H2. The van der Waals surface area contributed by atoms with Crippen LogP contribution in [0.4, 0.5) is 5.69 Å². The zero-order valence-electron chi connectivity index (χ0n) is 7.84. The Morgan fingerprint density at radius 2 is 2.07 bits per heavy atom. The van der Waals surface area contributed by atoms with Crippen LogP contribution in [-0.4, -0.2) is 0 Å². The van der Waals surface area contributed by atoms with E-state index in [9.17, 15) is 0 Å². The van der Waals surface area contributed by atoms with Gasteiger partial charge in [0.15, 0.2) is 0 Å². The molecule has 1 heterocycles. The quantitative estimate of drug-likeness (QED) is 0.901. The Kier molecular flexibility index (Phi) is 3.49. The summed E-state index contributed by atoms with van der Waals surface area (Å²) in [5, 5.41) is 3.31. The maximum atomic E-state index is 4.99. The molecule has 1 aromatic heterocycles. The van der Waals surface area contributed by atoms with Gasteiger partial charge in [-0.15, -0.1) is 0 Å². The predicted octanol–water partition coefficient (Wildman–Crippen LogP) is 4.42. The molecule has 0 spiro atoms. The highest BCUT2D eigenvalue weighted by molar-refractivity contribution is 9.11. The fourth-order valence-electron chi connectivity index (χ4n) is 1.22. The molecule has 0 aliphatic heterocycles. The first-order valence-corrected chi connectivity index (χ1v) is 6.04. The Bertz CT molecular complexity index is 440. The molecule has 0 saturated carbocycles. The number of rotatable bonds is 3. The van der Waals surface area contributed by atoms with E-state index < -0.39 is 0 Å². The second kappa shape index (κ2) is 4.86. The molecular formula is C11H9Br2NO. The predicted molar refractivity (Wildman–Crippen MR) is 67.9 cm³/mol. The summed E-state index contributed by atoms with van der Waals surface area (Å²) in [7, 11) is 0. The van der Waals surface area contributed by atoms with Crippen molar-refractivity contribution >= 4 is 37.5 Å². The number of anilines is 1. The Balaban J connectivity index is 2.05. The average Bonchev–Trinajstić information content (AvgIpc) is 2.69. The second-order valence-electron chi connectivity index (χ2n) is 3.11. The molecule has 2 rings (SSSR count). The summed E-state index contributed by atoms with van der Waals surface area (Å²) in [6.45, 7) is 0.761. The first-order valence-electron chi connectivity index (χ1n) is 4.46. The van der Waals surface area contributed by atoms with Gasteiger partial charge in [0.25, 0.3) is 0 Å². The molecule has 0 radical (unpaired) electrons. The van der Waals surface area contributed by atoms with Crippen LogP contribution in [0.2, 0.25) is 0 Å². The SMILES string of the molecule is Brc1ccc(NCc2ccoc2)c(Br)c1. The summed E-state index contributed by atoms with van der Waals surface area (Å²) >= 11 is 6.91. The lowest BCUT2D eigenvalue weighted by molar-refractivity contribution is 0.564. The number of furan rings is 1. The molecule has 0 fully saturated rings. The van der Waals surface area contributed by atoms with E-state index in [1.165, 1.54) is 0 Å². The van der Waals surface area contributed by atoms with E-state index >= 15 is 0 Å². The third kappa shape index (κ3) is 2.86. The maximum absolute atomic E-state index is 4.99. The fourth-order valence-corrected chi connectivity index (χ4v) is 2.41. The van der Waals surface area contributed by atoms with Crippen LogP contribution >= 0.6 is 31.9 Å². The van der Waals surface area contributed by atoms with E-state index in [-0.39, 0.29) is 0 Å². The Morgan fingerprint density at radius 3 is 2.73 bits per heavy atom.